The summed E-state index contributed by atoms with van der Waals surface area (Å²) in [4.78, 5) is 28.2. The monoisotopic (exact) mass is 431 g/mol. The van der Waals surface area contributed by atoms with Crippen LogP contribution in [-0.4, -0.2) is 43.9 Å². The van der Waals surface area contributed by atoms with E-state index >= 15 is 0 Å². The maximum absolute atomic E-state index is 13.5. The molecule has 5 nitrogen and oxygen atoms in total. The second-order valence-electron chi connectivity index (χ2n) is 8.43. The standard InChI is InChI=1S/C27H29NO4/c1-31-24-9-5-19(6-10-24)15-22-13-14-28(26(29)17-21-3-4-21)18-23(27(22)30)16-20-7-11-25(32-2)12-8-20/h5-12,15-16,21H,3-4,13-14,17-18H2,1-2H3. The molecule has 2 aromatic rings. The molecular formula is C27H29NO4. The number of benzene rings is 2. The van der Waals surface area contributed by atoms with Crippen molar-refractivity contribution in [3.05, 3.63) is 70.8 Å². The van der Waals surface area contributed by atoms with Crippen LogP contribution in [0, 0.1) is 5.92 Å². The number of likely N-dealkylation sites (tertiary alicyclic amines) is 1. The summed E-state index contributed by atoms with van der Waals surface area (Å²) in [6.45, 7) is 0.898. The molecule has 166 valence electrons. The zero-order valence-electron chi connectivity index (χ0n) is 18.7. The van der Waals surface area contributed by atoms with Crippen molar-refractivity contribution in [2.75, 3.05) is 27.3 Å². The van der Waals surface area contributed by atoms with Gasteiger partial charge in [-0.3, -0.25) is 9.59 Å². The molecule has 1 heterocycles. The normalized spacial score (nSPS) is 19.2. The second-order valence-corrected chi connectivity index (χ2v) is 8.43. The van der Waals surface area contributed by atoms with Gasteiger partial charge in [0, 0.05) is 30.7 Å². The molecule has 0 N–H and O–H groups in total. The Kier molecular flexibility index (Phi) is 6.74. The quantitative estimate of drug-likeness (QED) is 0.618. The van der Waals surface area contributed by atoms with Gasteiger partial charge in [-0.1, -0.05) is 24.3 Å². The highest BCUT2D eigenvalue weighted by Crippen LogP contribution is 2.33. The molecule has 1 amide bonds. The molecular weight excluding hydrogens is 402 g/mol. The molecule has 2 aliphatic rings. The molecule has 0 bridgehead atoms. The fourth-order valence-electron chi connectivity index (χ4n) is 3.89. The number of ether oxygens (including phenoxy) is 2. The molecule has 0 unspecified atom stereocenters. The van der Waals surface area contributed by atoms with Crippen molar-refractivity contribution in [2.45, 2.75) is 25.7 Å². The lowest BCUT2D eigenvalue weighted by Crippen LogP contribution is -2.33. The summed E-state index contributed by atoms with van der Waals surface area (Å²) < 4.78 is 10.5. The van der Waals surface area contributed by atoms with Gasteiger partial charge in [0.2, 0.25) is 5.91 Å². The summed E-state index contributed by atoms with van der Waals surface area (Å²) in [5.41, 5.74) is 3.21. The summed E-state index contributed by atoms with van der Waals surface area (Å²) in [5, 5.41) is 0. The summed E-state index contributed by atoms with van der Waals surface area (Å²) in [7, 11) is 3.26. The maximum atomic E-state index is 13.5. The SMILES string of the molecule is COc1ccc(C=C2CCN(C(=O)CC3CC3)CC(=Cc3ccc(OC)cc3)C2=O)cc1. The van der Waals surface area contributed by atoms with Crippen LogP contribution in [0.4, 0.5) is 0 Å². The Balaban J connectivity index is 1.64. The van der Waals surface area contributed by atoms with Crippen LogP contribution in [0.1, 0.15) is 36.8 Å². The molecule has 2 aromatic carbocycles. The number of methoxy groups -OCH3 is 2. The number of carbonyl (C=O) groups excluding carboxylic acids is 2. The van der Waals surface area contributed by atoms with Crippen molar-refractivity contribution in [3.8, 4) is 11.5 Å². The van der Waals surface area contributed by atoms with Crippen molar-refractivity contribution in [2.24, 2.45) is 5.92 Å². The minimum absolute atomic E-state index is 0.00152. The van der Waals surface area contributed by atoms with Crippen LogP contribution in [0.15, 0.2) is 59.7 Å². The number of hydrogen-bond acceptors (Lipinski definition) is 4. The molecule has 32 heavy (non-hydrogen) atoms. The molecule has 4 rings (SSSR count). The van der Waals surface area contributed by atoms with Crippen LogP contribution in [-0.2, 0) is 9.59 Å². The fourth-order valence-corrected chi connectivity index (χ4v) is 3.89. The summed E-state index contributed by atoms with van der Waals surface area (Å²) in [5.74, 6) is 2.20. The lowest BCUT2D eigenvalue weighted by molar-refractivity contribution is -0.131. The molecule has 0 aromatic heterocycles. The van der Waals surface area contributed by atoms with Crippen molar-refractivity contribution < 1.29 is 19.1 Å². The predicted molar refractivity (Wildman–Crippen MR) is 125 cm³/mol. The van der Waals surface area contributed by atoms with E-state index in [1.807, 2.05) is 65.6 Å². The Bertz CT molecular complexity index is 1030. The van der Waals surface area contributed by atoms with E-state index in [4.69, 9.17) is 9.47 Å². The molecule has 1 saturated carbocycles. The molecule has 5 heteroatoms. The van der Waals surface area contributed by atoms with Gasteiger partial charge in [-0.15, -0.1) is 0 Å². The minimum atomic E-state index is -0.00152. The topological polar surface area (TPSA) is 55.8 Å². The molecule has 2 fully saturated rings. The van der Waals surface area contributed by atoms with Crippen LogP contribution in [0.3, 0.4) is 0 Å². The van der Waals surface area contributed by atoms with E-state index in [1.54, 1.807) is 14.2 Å². The first-order chi connectivity index (χ1) is 15.6. The van der Waals surface area contributed by atoms with Crippen molar-refractivity contribution in [1.29, 1.82) is 0 Å². The number of amides is 1. The van der Waals surface area contributed by atoms with Crippen molar-refractivity contribution in [3.63, 3.8) is 0 Å². The van der Waals surface area contributed by atoms with Gasteiger partial charge in [0.25, 0.3) is 0 Å². The van der Waals surface area contributed by atoms with Crippen LogP contribution >= 0.6 is 0 Å². The third-order valence-corrected chi connectivity index (χ3v) is 6.02. The zero-order chi connectivity index (χ0) is 22.5. The molecule has 1 aliphatic heterocycles. The lowest BCUT2D eigenvalue weighted by Gasteiger charge is -2.20. The predicted octanol–water partition coefficient (Wildman–Crippen LogP) is 4.77. The largest absolute Gasteiger partial charge is 0.497 e. The second kappa shape index (κ2) is 9.86. The van der Waals surface area contributed by atoms with E-state index in [0.29, 0.717) is 37.4 Å². The minimum Gasteiger partial charge on any atom is -0.497 e. The highest BCUT2D eigenvalue weighted by molar-refractivity contribution is 6.14. The summed E-state index contributed by atoms with van der Waals surface area (Å²) in [6.07, 6.45) is 7.22. The Morgan fingerprint density at radius 3 is 1.94 bits per heavy atom. The van der Waals surface area contributed by atoms with Gasteiger partial charge in [0.05, 0.1) is 14.2 Å². The van der Waals surface area contributed by atoms with Crippen molar-refractivity contribution in [1.82, 2.24) is 4.90 Å². The van der Waals surface area contributed by atoms with Gasteiger partial charge in [0.1, 0.15) is 11.5 Å². The van der Waals surface area contributed by atoms with E-state index in [1.165, 1.54) is 0 Å². The number of ketones is 1. The number of nitrogens with zero attached hydrogens (tertiary/aromatic N) is 1. The van der Waals surface area contributed by atoms with Gasteiger partial charge in [-0.05, 0) is 72.7 Å². The van der Waals surface area contributed by atoms with E-state index in [2.05, 4.69) is 0 Å². The smallest absolute Gasteiger partial charge is 0.223 e. The highest BCUT2D eigenvalue weighted by atomic mass is 16.5. The Morgan fingerprint density at radius 1 is 0.906 bits per heavy atom. The van der Waals surface area contributed by atoms with E-state index in [-0.39, 0.29) is 11.7 Å². The Hall–Kier alpha value is -3.34. The van der Waals surface area contributed by atoms with Crippen LogP contribution in [0.25, 0.3) is 12.2 Å². The summed E-state index contributed by atoms with van der Waals surface area (Å²) >= 11 is 0. The van der Waals surface area contributed by atoms with Crippen LogP contribution in [0.5, 0.6) is 11.5 Å². The average Bonchev–Trinajstić information content (AvgIpc) is 3.65. The number of carbonyl (C=O) groups is 2. The number of Topliss-reactive ketones (excluding diaryl/α,β-unsaturated/α-hetero) is 1. The van der Waals surface area contributed by atoms with Gasteiger partial charge < -0.3 is 14.4 Å². The van der Waals surface area contributed by atoms with Gasteiger partial charge in [-0.25, -0.2) is 0 Å². The van der Waals surface area contributed by atoms with Crippen molar-refractivity contribution >= 4 is 23.8 Å². The molecule has 0 atom stereocenters. The summed E-state index contributed by atoms with van der Waals surface area (Å²) in [6, 6.07) is 15.2. The lowest BCUT2D eigenvalue weighted by atomic mass is 9.98. The highest BCUT2D eigenvalue weighted by Gasteiger charge is 2.30. The van der Waals surface area contributed by atoms with E-state index < -0.39 is 0 Å². The third-order valence-electron chi connectivity index (χ3n) is 6.02. The van der Waals surface area contributed by atoms with Gasteiger partial charge >= 0.3 is 0 Å². The first-order valence-corrected chi connectivity index (χ1v) is 11.1. The van der Waals surface area contributed by atoms with E-state index in [0.717, 1.165) is 41.0 Å². The van der Waals surface area contributed by atoms with Crippen LogP contribution < -0.4 is 9.47 Å². The van der Waals surface area contributed by atoms with Gasteiger partial charge in [-0.2, -0.15) is 0 Å². The van der Waals surface area contributed by atoms with Gasteiger partial charge in [0.15, 0.2) is 5.78 Å². The molecule has 0 spiro atoms. The maximum Gasteiger partial charge on any atom is 0.223 e. The third kappa shape index (κ3) is 5.47. The first kappa shape index (κ1) is 21.9. The Morgan fingerprint density at radius 2 is 1.44 bits per heavy atom. The molecule has 1 aliphatic carbocycles. The molecule has 0 radical (unpaired) electrons. The number of rotatable bonds is 6. The first-order valence-electron chi connectivity index (χ1n) is 11.1. The number of hydrogen-bond donors (Lipinski definition) is 0. The Labute approximate surface area is 189 Å². The molecule has 1 saturated heterocycles. The average molecular weight is 432 g/mol. The van der Waals surface area contributed by atoms with E-state index in [9.17, 15) is 9.59 Å². The zero-order valence-corrected chi connectivity index (χ0v) is 18.7. The fraction of sp³-hybridized carbons (Fsp3) is 0.333. The van der Waals surface area contributed by atoms with Crippen LogP contribution in [0.2, 0.25) is 0 Å².